The van der Waals surface area contributed by atoms with Crippen LogP contribution < -0.4 is 15.4 Å². The van der Waals surface area contributed by atoms with E-state index in [9.17, 15) is 23.8 Å². The Labute approximate surface area is 191 Å². The average Bonchev–Trinajstić information content (AvgIpc) is 3.11. The fourth-order valence-corrected chi connectivity index (χ4v) is 4.11. The first kappa shape index (κ1) is 24.6. The summed E-state index contributed by atoms with van der Waals surface area (Å²) < 4.78 is 38.3. The average molecular weight is 462 g/mol. The number of amides is 1. The van der Waals surface area contributed by atoms with Crippen molar-refractivity contribution in [1.82, 2.24) is 10.6 Å². The summed E-state index contributed by atoms with van der Waals surface area (Å²) in [7, 11) is 1.58. The Morgan fingerprint density at radius 1 is 1.24 bits per heavy atom. The highest BCUT2D eigenvalue weighted by Gasteiger charge is 2.33. The lowest BCUT2D eigenvalue weighted by atomic mass is 10.00. The molecule has 0 fully saturated rings. The predicted octanol–water partition coefficient (Wildman–Crippen LogP) is 3.49. The van der Waals surface area contributed by atoms with E-state index in [2.05, 4.69) is 17.2 Å². The molecule has 1 aliphatic rings. The van der Waals surface area contributed by atoms with Gasteiger partial charge in [-0.15, -0.1) is 6.58 Å². The fourth-order valence-electron chi connectivity index (χ4n) is 4.11. The summed E-state index contributed by atoms with van der Waals surface area (Å²) in [5, 5.41) is 25.4. The topological polar surface area (TPSA) is 100 Å². The third-order valence-corrected chi connectivity index (χ3v) is 5.61. The molecule has 2 aromatic rings. The van der Waals surface area contributed by atoms with Crippen LogP contribution in [0.5, 0.6) is 5.75 Å². The van der Waals surface area contributed by atoms with E-state index in [0.29, 0.717) is 18.8 Å². The van der Waals surface area contributed by atoms with Gasteiger partial charge in [0.1, 0.15) is 17.4 Å². The van der Waals surface area contributed by atoms with Crippen LogP contribution in [-0.4, -0.2) is 48.7 Å². The summed E-state index contributed by atoms with van der Waals surface area (Å²) in [6, 6.07) is 7.50. The van der Waals surface area contributed by atoms with Gasteiger partial charge in [0.15, 0.2) is 0 Å². The Hall–Kier alpha value is -3.01. The van der Waals surface area contributed by atoms with Crippen molar-refractivity contribution in [2.75, 3.05) is 20.3 Å². The molecule has 1 amide bonds. The number of carbonyl (C=O) groups is 1. The summed E-state index contributed by atoms with van der Waals surface area (Å²) in [4.78, 5) is 11.2. The van der Waals surface area contributed by atoms with E-state index in [1.54, 1.807) is 13.2 Å². The highest BCUT2D eigenvalue weighted by molar-refractivity contribution is 5.65. The molecule has 1 aliphatic carbocycles. The molecule has 7 nitrogen and oxygen atoms in total. The number of hydrogen-bond donors (Lipinski definition) is 4. The second kappa shape index (κ2) is 11.2. The molecule has 4 N–H and O–H groups in total. The standard InChI is InChI=1S/C24H28F2N2O5/c1-3-6-33-23-12-20(19-11-17(32-2)4-5-18(19)23)27-13-22(29)21(28-24(30)31)9-14-7-15(25)10-16(26)8-14/h3-5,7-8,10-11,20-23,27-29H,1,6,9,12-13H2,2H3,(H,30,31)/t20-,21-,22-,23+/m0/s1. The Bertz CT molecular complexity index is 967. The van der Waals surface area contributed by atoms with Crippen molar-refractivity contribution in [1.29, 1.82) is 0 Å². The van der Waals surface area contributed by atoms with Crippen LogP contribution in [0.25, 0.3) is 0 Å². The van der Waals surface area contributed by atoms with E-state index >= 15 is 0 Å². The smallest absolute Gasteiger partial charge is 0.404 e. The van der Waals surface area contributed by atoms with Gasteiger partial charge in [-0.3, -0.25) is 0 Å². The van der Waals surface area contributed by atoms with Crippen molar-refractivity contribution in [3.8, 4) is 5.75 Å². The number of aliphatic hydroxyl groups excluding tert-OH is 1. The summed E-state index contributed by atoms with van der Waals surface area (Å²) in [5.74, 6) is -0.855. The molecule has 0 aliphatic heterocycles. The van der Waals surface area contributed by atoms with Gasteiger partial charge >= 0.3 is 6.09 Å². The van der Waals surface area contributed by atoms with Gasteiger partial charge in [-0.1, -0.05) is 12.1 Å². The van der Waals surface area contributed by atoms with Crippen LogP contribution in [0.3, 0.4) is 0 Å². The highest BCUT2D eigenvalue weighted by atomic mass is 19.1. The number of hydrogen-bond acceptors (Lipinski definition) is 5. The molecule has 0 saturated heterocycles. The molecule has 4 atom stereocenters. The molecule has 2 aromatic carbocycles. The minimum absolute atomic E-state index is 0.0399. The Kier molecular flexibility index (Phi) is 8.37. The van der Waals surface area contributed by atoms with E-state index in [1.807, 2.05) is 18.2 Å². The van der Waals surface area contributed by atoms with Crippen molar-refractivity contribution in [3.63, 3.8) is 0 Å². The lowest BCUT2D eigenvalue weighted by molar-refractivity contribution is 0.0672. The van der Waals surface area contributed by atoms with Crippen LogP contribution in [0.1, 0.15) is 35.3 Å². The maximum Gasteiger partial charge on any atom is 0.404 e. The number of ether oxygens (including phenoxy) is 2. The van der Waals surface area contributed by atoms with Crippen LogP contribution in [-0.2, 0) is 11.2 Å². The first-order valence-corrected chi connectivity index (χ1v) is 10.6. The molecule has 0 heterocycles. The third-order valence-electron chi connectivity index (χ3n) is 5.61. The molecule has 9 heteroatoms. The minimum Gasteiger partial charge on any atom is -0.497 e. The van der Waals surface area contributed by atoms with Crippen molar-refractivity contribution in [3.05, 3.63) is 77.4 Å². The van der Waals surface area contributed by atoms with E-state index in [-0.39, 0.29) is 30.7 Å². The van der Waals surface area contributed by atoms with Gasteiger partial charge in [-0.2, -0.15) is 0 Å². The molecule has 0 spiro atoms. The molecule has 0 unspecified atom stereocenters. The molecular weight excluding hydrogens is 434 g/mol. The van der Waals surface area contributed by atoms with Crippen LogP contribution in [0.15, 0.2) is 49.1 Å². The highest BCUT2D eigenvalue weighted by Crippen LogP contribution is 2.42. The monoisotopic (exact) mass is 462 g/mol. The fraction of sp³-hybridized carbons (Fsp3) is 0.375. The SMILES string of the molecule is C=CCO[C@@H]1C[C@H](NC[C@H](O)[C@H](Cc2cc(F)cc(F)c2)NC(=O)O)c2cc(OC)ccc21. The van der Waals surface area contributed by atoms with Crippen LogP contribution in [0.2, 0.25) is 0 Å². The Morgan fingerprint density at radius 2 is 1.97 bits per heavy atom. The van der Waals surface area contributed by atoms with Gasteiger partial charge in [0.25, 0.3) is 0 Å². The largest absolute Gasteiger partial charge is 0.497 e. The first-order chi connectivity index (χ1) is 15.8. The molecule has 0 saturated carbocycles. The van der Waals surface area contributed by atoms with E-state index in [1.165, 1.54) is 0 Å². The lowest BCUT2D eigenvalue weighted by Crippen LogP contribution is -2.48. The number of halogens is 2. The zero-order valence-corrected chi connectivity index (χ0v) is 18.3. The van der Waals surface area contributed by atoms with Crippen molar-refractivity contribution < 1.29 is 33.3 Å². The zero-order chi connectivity index (χ0) is 24.0. The Morgan fingerprint density at radius 3 is 2.61 bits per heavy atom. The van der Waals surface area contributed by atoms with E-state index in [4.69, 9.17) is 9.47 Å². The molecule has 0 radical (unpaired) electrons. The molecule has 0 aromatic heterocycles. The summed E-state index contributed by atoms with van der Waals surface area (Å²) in [6.45, 7) is 4.11. The van der Waals surface area contributed by atoms with Gasteiger partial charge in [-0.05, 0) is 53.8 Å². The molecule has 0 bridgehead atoms. The lowest BCUT2D eigenvalue weighted by Gasteiger charge is -2.25. The maximum atomic E-state index is 13.5. The first-order valence-electron chi connectivity index (χ1n) is 10.6. The number of aliphatic hydroxyl groups is 1. The van der Waals surface area contributed by atoms with Crippen molar-refractivity contribution >= 4 is 6.09 Å². The number of fused-ring (bicyclic) bond motifs is 1. The minimum atomic E-state index is -1.34. The van der Waals surface area contributed by atoms with Gasteiger partial charge in [0.2, 0.25) is 0 Å². The summed E-state index contributed by atoms with van der Waals surface area (Å²) >= 11 is 0. The normalized spacial score (nSPS) is 18.9. The van der Waals surface area contributed by atoms with Gasteiger partial charge < -0.3 is 30.3 Å². The van der Waals surface area contributed by atoms with Crippen LogP contribution in [0.4, 0.5) is 13.6 Å². The van der Waals surface area contributed by atoms with Crippen LogP contribution in [0, 0.1) is 11.6 Å². The molecular formula is C24H28F2N2O5. The Balaban J connectivity index is 1.72. The number of rotatable bonds is 11. The van der Waals surface area contributed by atoms with Crippen molar-refractivity contribution in [2.24, 2.45) is 0 Å². The van der Waals surface area contributed by atoms with E-state index < -0.39 is 29.9 Å². The molecule has 3 rings (SSSR count). The van der Waals surface area contributed by atoms with Gasteiger partial charge in [0.05, 0.1) is 32.0 Å². The second-order valence-electron chi connectivity index (χ2n) is 7.91. The molecule has 33 heavy (non-hydrogen) atoms. The quantitative estimate of drug-likeness (QED) is 0.382. The predicted molar refractivity (Wildman–Crippen MR) is 118 cm³/mol. The van der Waals surface area contributed by atoms with E-state index in [0.717, 1.165) is 29.3 Å². The number of benzene rings is 2. The third kappa shape index (κ3) is 6.50. The van der Waals surface area contributed by atoms with Gasteiger partial charge in [0, 0.05) is 18.7 Å². The van der Waals surface area contributed by atoms with Crippen LogP contribution >= 0.6 is 0 Å². The summed E-state index contributed by atoms with van der Waals surface area (Å²) in [6.07, 6.45) is -0.467. The van der Waals surface area contributed by atoms with Gasteiger partial charge in [-0.25, -0.2) is 13.6 Å². The number of carboxylic acid groups (broad SMARTS) is 1. The molecule has 178 valence electrons. The second-order valence-corrected chi connectivity index (χ2v) is 7.91. The zero-order valence-electron chi connectivity index (χ0n) is 18.3. The van der Waals surface area contributed by atoms with Crippen molar-refractivity contribution in [2.45, 2.75) is 37.1 Å². The maximum absolute atomic E-state index is 13.5. The summed E-state index contributed by atoms with van der Waals surface area (Å²) in [5.41, 5.74) is 2.20. The number of nitrogens with one attached hydrogen (secondary N) is 2. The number of methoxy groups -OCH3 is 1.